The van der Waals surface area contributed by atoms with Crippen molar-refractivity contribution in [3.05, 3.63) is 63.9 Å². The van der Waals surface area contributed by atoms with Crippen LogP contribution in [-0.2, 0) is 0 Å². The van der Waals surface area contributed by atoms with Gasteiger partial charge in [0.1, 0.15) is 11.6 Å². The summed E-state index contributed by atoms with van der Waals surface area (Å²) in [6, 6.07) is 11.5. The minimum Gasteiger partial charge on any atom is -0.483 e. The highest BCUT2D eigenvalue weighted by Gasteiger charge is 2.17. The number of carbonyl (C=O) groups is 1. The van der Waals surface area contributed by atoms with Crippen LogP contribution < -0.4 is 4.74 Å². The summed E-state index contributed by atoms with van der Waals surface area (Å²) in [7, 11) is 0. The van der Waals surface area contributed by atoms with Crippen LogP contribution in [0.1, 0.15) is 22.8 Å². The first-order valence-electron chi connectivity index (χ1n) is 6.20. The van der Waals surface area contributed by atoms with E-state index in [0.717, 1.165) is 4.47 Å². The predicted octanol–water partition coefficient (Wildman–Crippen LogP) is 4.55. The number of hydrogen-bond acceptors (Lipinski definition) is 2. The molecule has 0 N–H and O–H groups in total. The maximum Gasteiger partial charge on any atom is 0.202 e. The summed E-state index contributed by atoms with van der Waals surface area (Å²) in [6.45, 7) is 3.34. The Labute approximate surface area is 125 Å². The first-order chi connectivity index (χ1) is 9.47. The van der Waals surface area contributed by atoms with Gasteiger partial charge in [0.2, 0.25) is 5.78 Å². The molecule has 0 aromatic heterocycles. The summed E-state index contributed by atoms with van der Waals surface area (Å²) in [6.07, 6.45) is -0.624. The van der Waals surface area contributed by atoms with Crippen LogP contribution in [0.25, 0.3) is 0 Å². The van der Waals surface area contributed by atoms with E-state index in [1.54, 1.807) is 32.0 Å². The molecule has 0 aliphatic heterocycles. The van der Waals surface area contributed by atoms with Gasteiger partial charge in [0.05, 0.1) is 0 Å². The third-order valence-corrected chi connectivity index (χ3v) is 3.47. The van der Waals surface area contributed by atoms with Crippen molar-refractivity contribution in [3.8, 4) is 5.75 Å². The van der Waals surface area contributed by atoms with E-state index in [0.29, 0.717) is 16.9 Å². The Bertz CT molecular complexity index is 623. The van der Waals surface area contributed by atoms with Gasteiger partial charge in [-0.1, -0.05) is 28.1 Å². The number of halogens is 2. The molecule has 0 heterocycles. The van der Waals surface area contributed by atoms with Crippen LogP contribution in [0, 0.1) is 12.7 Å². The number of benzene rings is 2. The van der Waals surface area contributed by atoms with E-state index in [1.807, 2.05) is 12.1 Å². The van der Waals surface area contributed by atoms with Gasteiger partial charge in [-0.15, -0.1) is 0 Å². The second-order valence-corrected chi connectivity index (χ2v) is 5.46. The fourth-order valence-electron chi connectivity index (χ4n) is 1.80. The molecule has 0 fully saturated rings. The molecule has 0 aliphatic carbocycles. The van der Waals surface area contributed by atoms with Crippen molar-refractivity contribution in [1.82, 2.24) is 0 Å². The third kappa shape index (κ3) is 3.45. The van der Waals surface area contributed by atoms with Gasteiger partial charge in [0, 0.05) is 10.0 Å². The van der Waals surface area contributed by atoms with Crippen LogP contribution in [0.4, 0.5) is 4.39 Å². The third-order valence-electron chi connectivity index (χ3n) is 2.94. The lowest BCUT2D eigenvalue weighted by molar-refractivity contribution is 0.0818. The Balaban J connectivity index is 2.11. The van der Waals surface area contributed by atoms with Crippen molar-refractivity contribution in [2.24, 2.45) is 0 Å². The Morgan fingerprint density at radius 1 is 1.20 bits per heavy atom. The zero-order valence-electron chi connectivity index (χ0n) is 11.2. The van der Waals surface area contributed by atoms with Crippen LogP contribution in [-0.4, -0.2) is 11.9 Å². The molecule has 1 unspecified atom stereocenters. The second kappa shape index (κ2) is 6.18. The summed E-state index contributed by atoms with van der Waals surface area (Å²) < 4.78 is 19.7. The van der Waals surface area contributed by atoms with Gasteiger partial charge >= 0.3 is 0 Å². The lowest BCUT2D eigenvalue weighted by Crippen LogP contribution is -2.23. The Morgan fingerprint density at radius 2 is 1.85 bits per heavy atom. The molecule has 1 atom stereocenters. The summed E-state index contributed by atoms with van der Waals surface area (Å²) in [5, 5.41) is 0. The number of Topliss-reactive ketones (excluding diaryl/α,β-unsaturated/α-hetero) is 1. The molecule has 2 nitrogen and oxygen atoms in total. The van der Waals surface area contributed by atoms with Crippen LogP contribution in [0.15, 0.2) is 46.9 Å². The first-order valence-corrected chi connectivity index (χ1v) is 6.99. The lowest BCUT2D eigenvalue weighted by Gasteiger charge is -2.14. The minimum absolute atomic E-state index is 0.112. The van der Waals surface area contributed by atoms with E-state index in [2.05, 4.69) is 15.9 Å². The lowest BCUT2D eigenvalue weighted by atomic mass is 10.1. The second-order valence-electron chi connectivity index (χ2n) is 4.54. The van der Waals surface area contributed by atoms with E-state index in [1.165, 1.54) is 12.1 Å². The van der Waals surface area contributed by atoms with Crippen LogP contribution in [0.2, 0.25) is 0 Å². The molecule has 0 saturated carbocycles. The normalized spacial score (nSPS) is 12.0. The molecule has 4 heteroatoms. The number of ketones is 1. The molecule has 0 radical (unpaired) electrons. The fraction of sp³-hybridized carbons (Fsp3) is 0.188. The highest BCUT2D eigenvalue weighted by Crippen LogP contribution is 2.19. The zero-order chi connectivity index (χ0) is 14.7. The largest absolute Gasteiger partial charge is 0.483 e. The quantitative estimate of drug-likeness (QED) is 0.766. The van der Waals surface area contributed by atoms with Crippen molar-refractivity contribution in [2.75, 3.05) is 0 Å². The van der Waals surface area contributed by atoms with Gasteiger partial charge in [0.15, 0.2) is 6.10 Å². The Hall–Kier alpha value is -1.68. The summed E-state index contributed by atoms with van der Waals surface area (Å²) in [4.78, 5) is 12.2. The number of rotatable bonds is 4. The number of hydrogen-bond donors (Lipinski definition) is 0. The zero-order valence-corrected chi connectivity index (χ0v) is 12.8. The highest BCUT2D eigenvalue weighted by molar-refractivity contribution is 9.10. The SMILES string of the molecule is Cc1cc(OC(C)C(=O)c2ccc(Br)cc2)ccc1F. The summed E-state index contributed by atoms with van der Waals surface area (Å²) >= 11 is 3.32. The molecule has 0 bridgehead atoms. The molecule has 2 aromatic carbocycles. The molecule has 2 rings (SSSR count). The monoisotopic (exact) mass is 336 g/mol. The van der Waals surface area contributed by atoms with Gasteiger partial charge in [-0.25, -0.2) is 4.39 Å². The van der Waals surface area contributed by atoms with E-state index in [4.69, 9.17) is 4.74 Å². The molecule has 0 saturated heterocycles. The van der Waals surface area contributed by atoms with Crippen molar-refractivity contribution in [2.45, 2.75) is 20.0 Å². The predicted molar refractivity (Wildman–Crippen MR) is 79.7 cm³/mol. The average molecular weight is 337 g/mol. The summed E-state index contributed by atoms with van der Waals surface area (Å²) in [5.41, 5.74) is 1.07. The molecule has 104 valence electrons. The van der Waals surface area contributed by atoms with Crippen molar-refractivity contribution in [1.29, 1.82) is 0 Å². The van der Waals surface area contributed by atoms with Crippen LogP contribution in [0.3, 0.4) is 0 Å². The van der Waals surface area contributed by atoms with E-state index < -0.39 is 6.10 Å². The highest BCUT2D eigenvalue weighted by atomic mass is 79.9. The van der Waals surface area contributed by atoms with Gasteiger partial charge in [-0.2, -0.15) is 0 Å². The molecule has 0 aliphatic rings. The topological polar surface area (TPSA) is 26.3 Å². The van der Waals surface area contributed by atoms with Gasteiger partial charge in [-0.3, -0.25) is 4.79 Å². The average Bonchev–Trinajstić information content (AvgIpc) is 2.43. The standard InChI is InChI=1S/C16H14BrFO2/c1-10-9-14(7-8-15(10)18)20-11(2)16(19)12-3-5-13(17)6-4-12/h3-9,11H,1-2H3. The van der Waals surface area contributed by atoms with E-state index in [-0.39, 0.29) is 11.6 Å². The van der Waals surface area contributed by atoms with Crippen LogP contribution in [0.5, 0.6) is 5.75 Å². The molecular weight excluding hydrogens is 323 g/mol. The summed E-state index contributed by atoms with van der Waals surface area (Å²) in [5.74, 6) is 0.0885. The molecule has 2 aromatic rings. The van der Waals surface area contributed by atoms with Gasteiger partial charge in [0.25, 0.3) is 0 Å². The fourth-order valence-corrected chi connectivity index (χ4v) is 2.06. The number of carbonyl (C=O) groups excluding carboxylic acids is 1. The van der Waals surface area contributed by atoms with Crippen molar-refractivity contribution < 1.29 is 13.9 Å². The minimum atomic E-state index is -0.624. The Kier molecular flexibility index (Phi) is 4.55. The number of ether oxygens (including phenoxy) is 1. The molecule has 0 spiro atoms. The maximum absolute atomic E-state index is 13.2. The van der Waals surface area contributed by atoms with E-state index in [9.17, 15) is 9.18 Å². The Morgan fingerprint density at radius 3 is 2.45 bits per heavy atom. The molecule has 20 heavy (non-hydrogen) atoms. The number of aryl methyl sites for hydroxylation is 1. The van der Waals surface area contributed by atoms with Gasteiger partial charge < -0.3 is 4.74 Å². The molecular formula is C16H14BrFO2. The smallest absolute Gasteiger partial charge is 0.202 e. The maximum atomic E-state index is 13.2. The van der Waals surface area contributed by atoms with Crippen molar-refractivity contribution >= 4 is 21.7 Å². The van der Waals surface area contributed by atoms with E-state index >= 15 is 0 Å². The van der Waals surface area contributed by atoms with Gasteiger partial charge in [-0.05, 0) is 49.7 Å². The molecule has 0 amide bonds. The first kappa shape index (κ1) is 14.7. The van der Waals surface area contributed by atoms with Crippen LogP contribution >= 0.6 is 15.9 Å². The van der Waals surface area contributed by atoms with Crippen molar-refractivity contribution in [3.63, 3.8) is 0 Å².